The number of pyridine rings is 1. The number of aromatic nitrogens is 4. The summed E-state index contributed by atoms with van der Waals surface area (Å²) in [5.74, 6) is 1.99. The van der Waals surface area contributed by atoms with E-state index in [-0.39, 0.29) is 11.7 Å². The van der Waals surface area contributed by atoms with Crippen LogP contribution in [-0.2, 0) is 11.3 Å². The normalized spacial score (nSPS) is 10.5. The minimum absolute atomic E-state index is 0.145. The average molecular weight is 399 g/mol. The van der Waals surface area contributed by atoms with Crippen molar-refractivity contribution in [1.29, 1.82) is 0 Å². The summed E-state index contributed by atoms with van der Waals surface area (Å²) in [7, 11) is 3.12. The van der Waals surface area contributed by atoms with Crippen LogP contribution in [0.5, 0.6) is 11.5 Å². The highest BCUT2D eigenvalue weighted by molar-refractivity contribution is 7.99. The molecule has 0 fully saturated rings. The molecule has 3 rings (SSSR count). The number of benzene rings is 1. The van der Waals surface area contributed by atoms with Crippen LogP contribution in [0.3, 0.4) is 0 Å². The maximum absolute atomic E-state index is 12.3. The monoisotopic (exact) mass is 399 g/mol. The molecule has 1 aromatic carbocycles. The van der Waals surface area contributed by atoms with Gasteiger partial charge in [-0.05, 0) is 31.2 Å². The zero-order valence-electron chi connectivity index (χ0n) is 15.9. The van der Waals surface area contributed by atoms with Gasteiger partial charge in [0.2, 0.25) is 5.91 Å². The summed E-state index contributed by atoms with van der Waals surface area (Å²) in [5.41, 5.74) is 1.57. The van der Waals surface area contributed by atoms with Crippen molar-refractivity contribution in [3.05, 3.63) is 42.7 Å². The lowest BCUT2D eigenvalue weighted by molar-refractivity contribution is -0.113. The van der Waals surface area contributed by atoms with E-state index in [0.29, 0.717) is 28.9 Å². The highest BCUT2D eigenvalue weighted by Gasteiger charge is 2.15. The zero-order valence-corrected chi connectivity index (χ0v) is 16.7. The molecule has 0 unspecified atom stereocenters. The Morgan fingerprint density at radius 3 is 2.54 bits per heavy atom. The topological polar surface area (TPSA) is 91.2 Å². The molecule has 0 bridgehead atoms. The van der Waals surface area contributed by atoms with Crippen LogP contribution in [0, 0.1) is 0 Å². The van der Waals surface area contributed by atoms with Gasteiger partial charge in [-0.2, -0.15) is 0 Å². The number of carbonyl (C=O) groups is 1. The largest absolute Gasteiger partial charge is 0.493 e. The van der Waals surface area contributed by atoms with Crippen LogP contribution in [-0.4, -0.2) is 45.6 Å². The lowest BCUT2D eigenvalue weighted by Gasteiger charge is -2.11. The van der Waals surface area contributed by atoms with Crippen LogP contribution in [0.4, 0.5) is 5.69 Å². The standard InChI is InChI=1S/C19H21N5O3S/c1-4-24-18(13-7-9-20-10-8-13)22-23-19(24)28-12-17(25)21-14-5-6-15(26-2)16(11-14)27-3/h5-11H,4,12H2,1-3H3,(H,21,25). The molecule has 2 heterocycles. The molecule has 0 saturated heterocycles. The molecular formula is C19H21N5O3S. The van der Waals surface area contributed by atoms with Gasteiger partial charge in [0.1, 0.15) is 0 Å². The van der Waals surface area contributed by atoms with Gasteiger partial charge >= 0.3 is 0 Å². The average Bonchev–Trinajstić information content (AvgIpc) is 3.15. The molecule has 0 atom stereocenters. The van der Waals surface area contributed by atoms with Crippen molar-refractivity contribution in [2.45, 2.75) is 18.6 Å². The van der Waals surface area contributed by atoms with Crippen molar-refractivity contribution in [2.75, 3.05) is 25.3 Å². The molecule has 1 amide bonds. The van der Waals surface area contributed by atoms with Gasteiger partial charge < -0.3 is 19.4 Å². The van der Waals surface area contributed by atoms with Gasteiger partial charge in [0.25, 0.3) is 0 Å². The number of rotatable bonds is 8. The number of methoxy groups -OCH3 is 2. The quantitative estimate of drug-likeness (QED) is 0.582. The Balaban J connectivity index is 1.66. The smallest absolute Gasteiger partial charge is 0.234 e. The highest BCUT2D eigenvalue weighted by Crippen LogP contribution is 2.30. The van der Waals surface area contributed by atoms with Crippen LogP contribution in [0.25, 0.3) is 11.4 Å². The summed E-state index contributed by atoms with van der Waals surface area (Å²) in [4.78, 5) is 16.4. The van der Waals surface area contributed by atoms with E-state index in [9.17, 15) is 4.79 Å². The van der Waals surface area contributed by atoms with Crippen molar-refractivity contribution in [2.24, 2.45) is 0 Å². The maximum atomic E-state index is 12.3. The lowest BCUT2D eigenvalue weighted by Crippen LogP contribution is -2.14. The van der Waals surface area contributed by atoms with E-state index >= 15 is 0 Å². The van der Waals surface area contributed by atoms with Gasteiger partial charge in [0.05, 0.1) is 20.0 Å². The van der Waals surface area contributed by atoms with E-state index in [0.717, 1.165) is 11.4 Å². The second-order valence-electron chi connectivity index (χ2n) is 5.69. The summed E-state index contributed by atoms with van der Waals surface area (Å²) in [6, 6.07) is 9.00. The van der Waals surface area contributed by atoms with Crippen molar-refractivity contribution in [3.63, 3.8) is 0 Å². The summed E-state index contributed by atoms with van der Waals surface area (Å²) in [6.45, 7) is 2.71. The van der Waals surface area contributed by atoms with Gasteiger partial charge in [-0.25, -0.2) is 0 Å². The van der Waals surface area contributed by atoms with Crippen molar-refractivity contribution in [1.82, 2.24) is 19.7 Å². The van der Waals surface area contributed by atoms with Crippen LogP contribution in [0.1, 0.15) is 6.92 Å². The lowest BCUT2D eigenvalue weighted by atomic mass is 10.2. The van der Waals surface area contributed by atoms with E-state index in [1.807, 2.05) is 23.6 Å². The van der Waals surface area contributed by atoms with E-state index in [4.69, 9.17) is 9.47 Å². The number of hydrogen-bond donors (Lipinski definition) is 1. The third kappa shape index (κ3) is 4.42. The number of carbonyl (C=O) groups excluding carboxylic acids is 1. The summed E-state index contributed by atoms with van der Waals surface area (Å²) in [5, 5.41) is 12.0. The number of nitrogens with zero attached hydrogens (tertiary/aromatic N) is 4. The third-order valence-corrected chi connectivity index (χ3v) is 4.94. The molecule has 3 aromatic rings. The maximum Gasteiger partial charge on any atom is 0.234 e. The zero-order chi connectivity index (χ0) is 19.9. The fourth-order valence-corrected chi connectivity index (χ4v) is 3.44. The van der Waals surface area contributed by atoms with Crippen LogP contribution in [0.2, 0.25) is 0 Å². The van der Waals surface area contributed by atoms with Crippen molar-refractivity contribution < 1.29 is 14.3 Å². The Morgan fingerprint density at radius 2 is 1.86 bits per heavy atom. The molecular weight excluding hydrogens is 378 g/mol. The summed E-state index contributed by atoms with van der Waals surface area (Å²) < 4.78 is 12.4. The Morgan fingerprint density at radius 1 is 1.11 bits per heavy atom. The number of amides is 1. The number of thioether (sulfide) groups is 1. The summed E-state index contributed by atoms with van der Waals surface area (Å²) >= 11 is 1.34. The van der Waals surface area contributed by atoms with Gasteiger partial charge in [0, 0.05) is 36.3 Å². The first-order chi connectivity index (χ1) is 13.7. The second kappa shape index (κ2) is 9.23. The van der Waals surface area contributed by atoms with Crippen LogP contribution in [0.15, 0.2) is 47.9 Å². The van der Waals surface area contributed by atoms with Gasteiger partial charge in [-0.1, -0.05) is 11.8 Å². The van der Waals surface area contributed by atoms with Crippen molar-refractivity contribution in [3.8, 4) is 22.9 Å². The number of anilines is 1. The molecule has 0 aliphatic heterocycles. The fourth-order valence-electron chi connectivity index (χ4n) is 2.64. The molecule has 0 saturated carbocycles. The molecule has 28 heavy (non-hydrogen) atoms. The number of ether oxygens (including phenoxy) is 2. The molecule has 0 radical (unpaired) electrons. The van der Waals surface area contributed by atoms with Gasteiger partial charge in [-0.3, -0.25) is 9.78 Å². The molecule has 2 aromatic heterocycles. The Kier molecular flexibility index (Phi) is 6.49. The number of hydrogen-bond acceptors (Lipinski definition) is 7. The molecule has 146 valence electrons. The molecule has 1 N–H and O–H groups in total. The minimum atomic E-state index is -0.145. The molecule has 0 aliphatic carbocycles. The van der Waals surface area contributed by atoms with E-state index in [1.165, 1.54) is 11.8 Å². The Hall–Kier alpha value is -3.07. The SMILES string of the molecule is CCn1c(SCC(=O)Nc2ccc(OC)c(OC)c2)nnc1-c1ccncc1. The predicted octanol–water partition coefficient (Wildman–Crippen LogP) is 3.11. The van der Waals surface area contributed by atoms with Gasteiger partial charge in [0.15, 0.2) is 22.5 Å². The van der Waals surface area contributed by atoms with Crippen molar-refractivity contribution >= 4 is 23.4 Å². The molecule has 0 aliphatic rings. The first-order valence-corrected chi connectivity index (χ1v) is 9.63. The van der Waals surface area contributed by atoms with E-state index in [1.54, 1.807) is 44.8 Å². The first kappa shape index (κ1) is 19.7. The third-order valence-electron chi connectivity index (χ3n) is 3.97. The molecule has 8 nitrogen and oxygen atoms in total. The highest BCUT2D eigenvalue weighted by atomic mass is 32.2. The molecule has 9 heteroatoms. The van der Waals surface area contributed by atoms with Gasteiger partial charge in [-0.15, -0.1) is 10.2 Å². The van der Waals surface area contributed by atoms with E-state index < -0.39 is 0 Å². The van der Waals surface area contributed by atoms with Crippen LogP contribution < -0.4 is 14.8 Å². The second-order valence-corrected chi connectivity index (χ2v) is 6.64. The van der Waals surface area contributed by atoms with E-state index in [2.05, 4.69) is 20.5 Å². The summed E-state index contributed by atoms with van der Waals surface area (Å²) in [6.07, 6.45) is 3.43. The van der Waals surface area contributed by atoms with Crippen LogP contribution >= 0.6 is 11.8 Å². The fraction of sp³-hybridized carbons (Fsp3) is 0.263. The Labute approximate surface area is 167 Å². The first-order valence-electron chi connectivity index (χ1n) is 8.64. The molecule has 0 spiro atoms. The minimum Gasteiger partial charge on any atom is -0.493 e. The predicted molar refractivity (Wildman–Crippen MR) is 108 cm³/mol. The Bertz CT molecular complexity index is 946. The number of nitrogens with one attached hydrogen (secondary N) is 1.